The van der Waals surface area contributed by atoms with Gasteiger partial charge in [-0.25, -0.2) is 13.1 Å². The second-order valence-electron chi connectivity index (χ2n) is 8.03. The molecule has 0 aromatic heterocycles. The Morgan fingerprint density at radius 1 is 1.00 bits per heavy atom. The molecule has 0 bridgehead atoms. The summed E-state index contributed by atoms with van der Waals surface area (Å²) < 4.78 is 27.6. The predicted octanol–water partition coefficient (Wildman–Crippen LogP) is 3.79. The Labute approximate surface area is 179 Å². The summed E-state index contributed by atoms with van der Waals surface area (Å²) in [5.41, 5.74) is 3.07. The first-order chi connectivity index (χ1) is 14.3. The summed E-state index contributed by atoms with van der Waals surface area (Å²) in [7, 11) is -3.56. The molecule has 1 saturated heterocycles. The van der Waals surface area contributed by atoms with Crippen molar-refractivity contribution in [3.8, 4) is 0 Å². The number of aryl methyl sites for hydroxylation is 1. The molecule has 1 heterocycles. The fourth-order valence-corrected chi connectivity index (χ4v) is 4.51. The van der Waals surface area contributed by atoms with Gasteiger partial charge >= 0.3 is 0 Å². The number of carbonyl (C=O) groups excluding carboxylic acids is 1. The van der Waals surface area contributed by atoms with Gasteiger partial charge < -0.3 is 10.2 Å². The third-order valence-electron chi connectivity index (χ3n) is 5.30. The van der Waals surface area contributed by atoms with Crippen LogP contribution in [0.2, 0.25) is 0 Å². The molecular formula is C23H31N3O3S. The maximum absolute atomic E-state index is 12.5. The normalized spacial score (nSPS) is 14.3. The van der Waals surface area contributed by atoms with E-state index in [1.165, 1.54) is 36.2 Å². The average Bonchev–Trinajstić information content (AvgIpc) is 3.27. The van der Waals surface area contributed by atoms with E-state index >= 15 is 0 Å². The van der Waals surface area contributed by atoms with Crippen molar-refractivity contribution in [2.75, 3.05) is 29.9 Å². The van der Waals surface area contributed by atoms with E-state index in [0.29, 0.717) is 12.2 Å². The van der Waals surface area contributed by atoms with Crippen LogP contribution in [0.15, 0.2) is 53.4 Å². The minimum Gasteiger partial charge on any atom is -0.372 e. The molecule has 2 aromatic carbocycles. The van der Waals surface area contributed by atoms with Gasteiger partial charge in [-0.15, -0.1) is 0 Å². The number of amides is 1. The molecule has 3 rings (SSSR count). The number of hydrogen-bond donors (Lipinski definition) is 2. The fourth-order valence-electron chi connectivity index (χ4n) is 3.44. The van der Waals surface area contributed by atoms with Crippen LogP contribution in [0, 0.1) is 5.92 Å². The fraction of sp³-hybridized carbons (Fsp3) is 0.435. The summed E-state index contributed by atoms with van der Waals surface area (Å²) in [5, 5.41) is 2.75. The van der Waals surface area contributed by atoms with E-state index in [2.05, 4.69) is 39.2 Å². The monoisotopic (exact) mass is 429 g/mol. The molecule has 1 aliphatic rings. The van der Waals surface area contributed by atoms with Crippen molar-refractivity contribution in [1.29, 1.82) is 0 Å². The molecular weight excluding hydrogens is 398 g/mol. The molecule has 30 heavy (non-hydrogen) atoms. The molecule has 1 aliphatic heterocycles. The number of benzene rings is 2. The summed E-state index contributed by atoms with van der Waals surface area (Å²) in [6.45, 7) is 6.25. The standard InChI is InChI=1S/C23H31N3O3S/c1-18(2)23(27)25-20-9-13-22(14-10-20)30(28,29)24-15-5-6-19-7-11-21(12-8-19)26-16-3-4-17-26/h7-14,18,24H,3-6,15-17H2,1-2H3,(H,25,27). The SMILES string of the molecule is CC(C)C(=O)Nc1ccc(S(=O)(=O)NCCCc2ccc(N3CCCC3)cc2)cc1. The molecule has 1 amide bonds. The Morgan fingerprint density at radius 3 is 2.23 bits per heavy atom. The van der Waals surface area contributed by atoms with Crippen LogP contribution in [0.1, 0.15) is 38.7 Å². The lowest BCUT2D eigenvalue weighted by Crippen LogP contribution is -2.25. The highest BCUT2D eigenvalue weighted by Gasteiger charge is 2.14. The van der Waals surface area contributed by atoms with Gasteiger partial charge in [-0.3, -0.25) is 4.79 Å². The van der Waals surface area contributed by atoms with Gasteiger partial charge in [0.25, 0.3) is 0 Å². The van der Waals surface area contributed by atoms with Crippen molar-refractivity contribution in [3.05, 3.63) is 54.1 Å². The van der Waals surface area contributed by atoms with Crippen molar-refractivity contribution < 1.29 is 13.2 Å². The molecule has 162 valence electrons. The van der Waals surface area contributed by atoms with Gasteiger partial charge in [-0.2, -0.15) is 0 Å². The Morgan fingerprint density at radius 2 is 1.63 bits per heavy atom. The van der Waals surface area contributed by atoms with E-state index in [1.807, 2.05) is 0 Å². The van der Waals surface area contributed by atoms with Crippen LogP contribution in [0.3, 0.4) is 0 Å². The van der Waals surface area contributed by atoms with Gasteiger partial charge in [-0.1, -0.05) is 26.0 Å². The van der Waals surface area contributed by atoms with Gasteiger partial charge in [0.15, 0.2) is 0 Å². The summed E-state index contributed by atoms with van der Waals surface area (Å²) in [4.78, 5) is 14.3. The number of rotatable bonds is 9. The number of sulfonamides is 1. The van der Waals surface area contributed by atoms with Crippen LogP contribution in [0.5, 0.6) is 0 Å². The van der Waals surface area contributed by atoms with Crippen molar-refractivity contribution in [2.24, 2.45) is 5.92 Å². The minimum atomic E-state index is -3.56. The Balaban J connectivity index is 1.46. The predicted molar refractivity (Wildman–Crippen MR) is 121 cm³/mol. The minimum absolute atomic E-state index is 0.0998. The van der Waals surface area contributed by atoms with Crippen LogP contribution in [0.25, 0.3) is 0 Å². The number of nitrogens with one attached hydrogen (secondary N) is 2. The quantitative estimate of drug-likeness (QED) is 0.595. The zero-order chi connectivity index (χ0) is 21.6. The van der Waals surface area contributed by atoms with Gasteiger partial charge in [0.1, 0.15) is 0 Å². The third-order valence-corrected chi connectivity index (χ3v) is 6.78. The van der Waals surface area contributed by atoms with Crippen molar-refractivity contribution in [3.63, 3.8) is 0 Å². The molecule has 0 saturated carbocycles. The third kappa shape index (κ3) is 6.06. The average molecular weight is 430 g/mol. The highest BCUT2D eigenvalue weighted by molar-refractivity contribution is 7.89. The van der Waals surface area contributed by atoms with Crippen molar-refractivity contribution in [1.82, 2.24) is 4.72 Å². The Kier molecular flexibility index (Phi) is 7.50. The Hall–Kier alpha value is -2.38. The highest BCUT2D eigenvalue weighted by atomic mass is 32.2. The molecule has 7 heteroatoms. The zero-order valence-corrected chi connectivity index (χ0v) is 18.5. The zero-order valence-electron chi connectivity index (χ0n) is 17.7. The lowest BCUT2D eigenvalue weighted by molar-refractivity contribution is -0.118. The summed E-state index contributed by atoms with van der Waals surface area (Å²) in [6, 6.07) is 14.8. The van der Waals surface area contributed by atoms with Crippen LogP contribution >= 0.6 is 0 Å². The Bertz CT molecular complexity index is 933. The molecule has 0 spiro atoms. The van der Waals surface area contributed by atoms with Crippen LogP contribution in [-0.4, -0.2) is 34.0 Å². The highest BCUT2D eigenvalue weighted by Crippen LogP contribution is 2.21. The van der Waals surface area contributed by atoms with Crippen molar-refractivity contribution >= 4 is 27.3 Å². The van der Waals surface area contributed by atoms with Crippen LogP contribution in [-0.2, 0) is 21.2 Å². The van der Waals surface area contributed by atoms with Gasteiger partial charge in [0.2, 0.25) is 15.9 Å². The second-order valence-corrected chi connectivity index (χ2v) is 9.80. The maximum Gasteiger partial charge on any atom is 0.240 e. The number of nitrogens with zero attached hydrogens (tertiary/aromatic N) is 1. The molecule has 2 aromatic rings. The smallest absolute Gasteiger partial charge is 0.240 e. The van der Waals surface area contributed by atoms with Gasteiger partial charge in [-0.05, 0) is 67.6 Å². The first-order valence-corrected chi connectivity index (χ1v) is 12.1. The molecule has 0 unspecified atom stereocenters. The second kappa shape index (κ2) is 10.1. The maximum atomic E-state index is 12.5. The number of carbonyl (C=O) groups is 1. The molecule has 6 nitrogen and oxygen atoms in total. The van der Waals surface area contributed by atoms with Gasteiger partial charge in [0, 0.05) is 36.9 Å². The largest absolute Gasteiger partial charge is 0.372 e. The molecule has 2 N–H and O–H groups in total. The summed E-state index contributed by atoms with van der Waals surface area (Å²) in [6.07, 6.45) is 4.07. The van der Waals surface area contributed by atoms with E-state index in [4.69, 9.17) is 0 Å². The topological polar surface area (TPSA) is 78.5 Å². The van der Waals surface area contributed by atoms with E-state index in [0.717, 1.165) is 25.9 Å². The van der Waals surface area contributed by atoms with E-state index in [1.54, 1.807) is 26.0 Å². The van der Waals surface area contributed by atoms with E-state index in [9.17, 15) is 13.2 Å². The first-order valence-electron chi connectivity index (χ1n) is 10.6. The van der Waals surface area contributed by atoms with Crippen LogP contribution in [0.4, 0.5) is 11.4 Å². The number of hydrogen-bond acceptors (Lipinski definition) is 4. The lowest BCUT2D eigenvalue weighted by atomic mass is 10.1. The molecule has 0 radical (unpaired) electrons. The number of anilines is 2. The molecule has 1 fully saturated rings. The van der Waals surface area contributed by atoms with Crippen LogP contribution < -0.4 is 14.9 Å². The van der Waals surface area contributed by atoms with Crippen molar-refractivity contribution in [2.45, 2.75) is 44.4 Å². The van der Waals surface area contributed by atoms with E-state index < -0.39 is 10.0 Å². The first kappa shape index (κ1) is 22.3. The summed E-state index contributed by atoms with van der Waals surface area (Å²) >= 11 is 0. The van der Waals surface area contributed by atoms with E-state index in [-0.39, 0.29) is 16.7 Å². The lowest BCUT2D eigenvalue weighted by Gasteiger charge is -2.17. The molecule has 0 aliphatic carbocycles. The molecule has 0 atom stereocenters. The summed E-state index contributed by atoms with van der Waals surface area (Å²) in [5.74, 6) is -0.233. The van der Waals surface area contributed by atoms with Gasteiger partial charge in [0.05, 0.1) is 4.90 Å².